The average molecular weight is 332 g/mol. The molecule has 0 spiro atoms. The third-order valence-corrected chi connectivity index (χ3v) is 4.17. The molecule has 1 aliphatic rings. The molecule has 1 aliphatic heterocycles. The molecule has 0 radical (unpaired) electrons. The van der Waals surface area contributed by atoms with E-state index >= 15 is 0 Å². The standard InChI is InChI=1S/C18H24N2O4/c1-12-6-7-15(24-3)14(11-12)13(2)19-16(21)5-4-10-20-17(22)8-9-18(20)23/h6-7,11,13H,4-5,8-10H2,1-3H3,(H,19,21)/t13-/m0/s1. The van der Waals surface area contributed by atoms with Crippen molar-refractivity contribution in [2.24, 2.45) is 0 Å². The molecule has 1 aromatic rings. The van der Waals surface area contributed by atoms with Crippen molar-refractivity contribution >= 4 is 17.7 Å². The Morgan fingerprint density at radius 3 is 2.58 bits per heavy atom. The Bertz CT molecular complexity index is 626. The molecule has 2 rings (SSSR count). The second-order valence-electron chi connectivity index (χ2n) is 6.08. The van der Waals surface area contributed by atoms with Gasteiger partial charge in [-0.3, -0.25) is 19.3 Å². The van der Waals surface area contributed by atoms with E-state index in [4.69, 9.17) is 4.74 Å². The van der Waals surface area contributed by atoms with Crippen LogP contribution < -0.4 is 10.1 Å². The van der Waals surface area contributed by atoms with Crippen molar-refractivity contribution in [2.45, 2.75) is 45.6 Å². The van der Waals surface area contributed by atoms with Gasteiger partial charge in [-0.15, -0.1) is 0 Å². The van der Waals surface area contributed by atoms with Gasteiger partial charge in [0.05, 0.1) is 13.2 Å². The first-order valence-electron chi connectivity index (χ1n) is 8.19. The van der Waals surface area contributed by atoms with Gasteiger partial charge < -0.3 is 10.1 Å². The van der Waals surface area contributed by atoms with E-state index < -0.39 is 0 Å². The van der Waals surface area contributed by atoms with Gasteiger partial charge in [-0.1, -0.05) is 17.7 Å². The van der Waals surface area contributed by atoms with Crippen LogP contribution in [0.3, 0.4) is 0 Å². The summed E-state index contributed by atoms with van der Waals surface area (Å²) < 4.78 is 5.34. The molecule has 1 aromatic carbocycles. The van der Waals surface area contributed by atoms with Gasteiger partial charge in [-0.25, -0.2) is 0 Å². The zero-order valence-electron chi connectivity index (χ0n) is 14.4. The smallest absolute Gasteiger partial charge is 0.229 e. The van der Waals surface area contributed by atoms with Crippen LogP contribution in [0.2, 0.25) is 0 Å². The van der Waals surface area contributed by atoms with E-state index in [1.165, 1.54) is 4.90 Å². The summed E-state index contributed by atoms with van der Waals surface area (Å²) >= 11 is 0. The minimum atomic E-state index is -0.178. The number of imide groups is 1. The van der Waals surface area contributed by atoms with Crippen LogP contribution in [0.15, 0.2) is 18.2 Å². The third kappa shape index (κ3) is 4.34. The fourth-order valence-corrected chi connectivity index (χ4v) is 2.85. The summed E-state index contributed by atoms with van der Waals surface area (Å²) in [6, 6.07) is 5.66. The van der Waals surface area contributed by atoms with Crippen molar-refractivity contribution in [3.05, 3.63) is 29.3 Å². The summed E-state index contributed by atoms with van der Waals surface area (Å²) in [6.45, 7) is 4.21. The van der Waals surface area contributed by atoms with Crippen molar-refractivity contribution in [3.8, 4) is 5.75 Å². The van der Waals surface area contributed by atoms with Crippen LogP contribution in [0, 0.1) is 6.92 Å². The maximum Gasteiger partial charge on any atom is 0.229 e. The predicted octanol–water partition coefficient (Wildman–Crippen LogP) is 2.11. The number of hydrogen-bond acceptors (Lipinski definition) is 4. The van der Waals surface area contributed by atoms with E-state index in [2.05, 4.69) is 5.32 Å². The zero-order valence-corrected chi connectivity index (χ0v) is 14.4. The lowest BCUT2D eigenvalue weighted by atomic mass is 10.0. The highest BCUT2D eigenvalue weighted by Crippen LogP contribution is 2.26. The van der Waals surface area contributed by atoms with Crippen molar-refractivity contribution < 1.29 is 19.1 Å². The first-order chi connectivity index (χ1) is 11.4. The molecule has 0 unspecified atom stereocenters. The van der Waals surface area contributed by atoms with Crippen molar-refractivity contribution in [2.75, 3.05) is 13.7 Å². The van der Waals surface area contributed by atoms with E-state index in [0.29, 0.717) is 13.0 Å². The van der Waals surface area contributed by atoms with Crippen molar-refractivity contribution in [1.82, 2.24) is 10.2 Å². The number of ether oxygens (including phenoxy) is 1. The van der Waals surface area contributed by atoms with Gasteiger partial charge in [0, 0.05) is 31.4 Å². The van der Waals surface area contributed by atoms with Crippen LogP contribution in [-0.2, 0) is 14.4 Å². The molecular formula is C18H24N2O4. The largest absolute Gasteiger partial charge is 0.496 e. The normalized spacial score (nSPS) is 15.5. The van der Waals surface area contributed by atoms with Crippen LogP contribution >= 0.6 is 0 Å². The summed E-state index contributed by atoms with van der Waals surface area (Å²) in [6.07, 6.45) is 1.32. The van der Waals surface area contributed by atoms with E-state index in [-0.39, 0.29) is 43.0 Å². The van der Waals surface area contributed by atoms with Gasteiger partial charge in [-0.2, -0.15) is 0 Å². The number of carbonyl (C=O) groups excluding carboxylic acids is 3. The lowest BCUT2D eigenvalue weighted by molar-refractivity contribution is -0.138. The van der Waals surface area contributed by atoms with Gasteiger partial charge in [0.2, 0.25) is 17.7 Å². The van der Waals surface area contributed by atoms with Gasteiger partial charge in [0.1, 0.15) is 5.75 Å². The number of carbonyl (C=O) groups is 3. The molecule has 130 valence electrons. The Labute approximate surface area is 142 Å². The highest BCUT2D eigenvalue weighted by atomic mass is 16.5. The molecular weight excluding hydrogens is 308 g/mol. The second-order valence-corrected chi connectivity index (χ2v) is 6.08. The molecule has 0 aromatic heterocycles. The number of benzene rings is 1. The zero-order chi connectivity index (χ0) is 17.7. The van der Waals surface area contributed by atoms with Gasteiger partial charge >= 0.3 is 0 Å². The van der Waals surface area contributed by atoms with Gasteiger partial charge in [-0.05, 0) is 26.3 Å². The number of methoxy groups -OCH3 is 1. The molecule has 1 heterocycles. The van der Waals surface area contributed by atoms with E-state index in [9.17, 15) is 14.4 Å². The topological polar surface area (TPSA) is 75.7 Å². The number of aryl methyl sites for hydroxylation is 1. The first-order valence-corrected chi connectivity index (χ1v) is 8.19. The predicted molar refractivity (Wildman–Crippen MR) is 89.5 cm³/mol. The second kappa shape index (κ2) is 7.95. The number of amides is 3. The molecule has 6 nitrogen and oxygen atoms in total. The monoisotopic (exact) mass is 332 g/mol. The molecule has 1 atom stereocenters. The minimum Gasteiger partial charge on any atom is -0.496 e. The molecule has 1 saturated heterocycles. The maximum atomic E-state index is 12.1. The fourth-order valence-electron chi connectivity index (χ4n) is 2.85. The lowest BCUT2D eigenvalue weighted by Gasteiger charge is -2.18. The molecule has 0 saturated carbocycles. The van der Waals surface area contributed by atoms with Crippen molar-refractivity contribution in [3.63, 3.8) is 0 Å². The van der Waals surface area contributed by atoms with Gasteiger partial charge in [0.25, 0.3) is 0 Å². The number of hydrogen-bond donors (Lipinski definition) is 1. The Balaban J connectivity index is 1.85. The molecule has 1 fully saturated rings. The summed E-state index contributed by atoms with van der Waals surface area (Å²) in [5.41, 5.74) is 2.02. The minimum absolute atomic E-state index is 0.106. The van der Waals surface area contributed by atoms with Crippen molar-refractivity contribution in [1.29, 1.82) is 0 Å². The Hall–Kier alpha value is -2.37. The number of rotatable bonds is 7. The van der Waals surface area contributed by atoms with Crippen LogP contribution in [-0.4, -0.2) is 36.3 Å². The van der Waals surface area contributed by atoms with E-state index in [0.717, 1.165) is 16.9 Å². The molecule has 24 heavy (non-hydrogen) atoms. The average Bonchev–Trinajstić information content (AvgIpc) is 2.86. The Morgan fingerprint density at radius 1 is 1.29 bits per heavy atom. The summed E-state index contributed by atoms with van der Waals surface area (Å²) in [5, 5.41) is 2.94. The number of likely N-dealkylation sites (tertiary alicyclic amines) is 1. The lowest BCUT2D eigenvalue weighted by Crippen LogP contribution is -2.32. The Kier molecular flexibility index (Phi) is 5.95. The molecule has 3 amide bonds. The van der Waals surface area contributed by atoms with Gasteiger partial charge in [0.15, 0.2) is 0 Å². The highest BCUT2D eigenvalue weighted by Gasteiger charge is 2.28. The fraction of sp³-hybridized carbons (Fsp3) is 0.500. The maximum absolute atomic E-state index is 12.1. The van der Waals surface area contributed by atoms with E-state index in [1.54, 1.807) is 7.11 Å². The molecule has 6 heteroatoms. The summed E-state index contributed by atoms with van der Waals surface area (Å²) in [4.78, 5) is 36.4. The summed E-state index contributed by atoms with van der Waals surface area (Å²) in [7, 11) is 1.60. The molecule has 0 aliphatic carbocycles. The number of nitrogens with zero attached hydrogens (tertiary/aromatic N) is 1. The quantitative estimate of drug-likeness (QED) is 0.776. The number of nitrogens with one attached hydrogen (secondary N) is 1. The SMILES string of the molecule is COc1ccc(C)cc1[C@H](C)NC(=O)CCCN1C(=O)CCC1=O. The summed E-state index contributed by atoms with van der Waals surface area (Å²) in [5.74, 6) is 0.350. The van der Waals surface area contributed by atoms with Crippen LogP contribution in [0.25, 0.3) is 0 Å². The third-order valence-electron chi connectivity index (χ3n) is 4.17. The highest BCUT2D eigenvalue weighted by molar-refractivity contribution is 6.01. The van der Waals surface area contributed by atoms with Crippen LogP contribution in [0.5, 0.6) is 5.75 Å². The first kappa shape index (κ1) is 18.0. The molecule has 0 bridgehead atoms. The van der Waals surface area contributed by atoms with Crippen LogP contribution in [0.1, 0.15) is 49.8 Å². The Morgan fingerprint density at radius 2 is 1.96 bits per heavy atom. The molecule has 1 N–H and O–H groups in total. The van der Waals surface area contributed by atoms with Crippen LogP contribution in [0.4, 0.5) is 0 Å². The van der Waals surface area contributed by atoms with E-state index in [1.807, 2.05) is 32.0 Å².